The fourth-order valence-electron chi connectivity index (χ4n) is 6.13. The molecule has 3 aromatic carbocycles. The fraction of sp³-hybridized carbons (Fsp3) is 0.300. The van der Waals surface area contributed by atoms with Gasteiger partial charge in [0.1, 0.15) is 5.75 Å². The molecule has 1 N–H and O–H groups in total. The Morgan fingerprint density at radius 2 is 1.76 bits per heavy atom. The number of methoxy groups -OCH3 is 1. The van der Waals surface area contributed by atoms with E-state index in [0.29, 0.717) is 6.42 Å². The highest BCUT2D eigenvalue weighted by Crippen LogP contribution is 2.52. The molecule has 0 bridgehead atoms. The number of ether oxygens (including phenoxy) is 1. The Labute approximate surface area is 200 Å². The number of rotatable bonds is 3. The molecule has 34 heavy (non-hydrogen) atoms. The summed E-state index contributed by atoms with van der Waals surface area (Å²) in [5, 5.41) is 6.20. The van der Waals surface area contributed by atoms with E-state index in [0.717, 1.165) is 41.2 Å². The first-order valence-corrected chi connectivity index (χ1v) is 12.1. The molecule has 6 rings (SSSR count). The van der Waals surface area contributed by atoms with Crippen molar-refractivity contribution in [3.8, 4) is 5.75 Å². The molecule has 0 fully saturated rings. The van der Waals surface area contributed by atoms with Crippen molar-refractivity contribution in [3.63, 3.8) is 0 Å². The van der Waals surface area contributed by atoms with Crippen molar-refractivity contribution < 1.29 is 9.53 Å². The lowest BCUT2D eigenvalue weighted by Gasteiger charge is -2.40. The number of ketones is 1. The number of allylic oxidation sites excluding steroid dienone is 2. The summed E-state index contributed by atoms with van der Waals surface area (Å²) in [7, 11) is 1.69. The van der Waals surface area contributed by atoms with Crippen LogP contribution in [0.2, 0.25) is 0 Å². The molecule has 1 aromatic heterocycles. The van der Waals surface area contributed by atoms with Gasteiger partial charge in [-0.25, -0.2) is 0 Å². The average Bonchev–Trinajstić information content (AvgIpc) is 3.15. The molecular weight excluding hydrogens is 420 g/mol. The Bertz CT molecular complexity index is 1490. The number of anilines is 1. The van der Waals surface area contributed by atoms with Crippen LogP contribution < -0.4 is 10.1 Å². The summed E-state index contributed by atoms with van der Waals surface area (Å²) < 4.78 is 7.81. The summed E-state index contributed by atoms with van der Waals surface area (Å²) >= 11 is 0. The van der Waals surface area contributed by atoms with Crippen LogP contribution in [0.25, 0.3) is 21.8 Å². The Morgan fingerprint density at radius 3 is 2.50 bits per heavy atom. The SMILES string of the molecule is CCn1c2ccccc2c2c3c(ccc21)NC1=C(C(=O)CC(C)(C)C1)C3c1ccc(OC)cc1. The van der Waals surface area contributed by atoms with E-state index in [1.54, 1.807) is 7.11 Å². The van der Waals surface area contributed by atoms with Crippen molar-refractivity contribution in [2.24, 2.45) is 5.41 Å². The Morgan fingerprint density at radius 1 is 1.00 bits per heavy atom. The van der Waals surface area contributed by atoms with Crippen molar-refractivity contribution in [2.45, 2.75) is 46.1 Å². The van der Waals surface area contributed by atoms with Crippen molar-refractivity contribution in [1.29, 1.82) is 0 Å². The predicted molar refractivity (Wildman–Crippen MR) is 139 cm³/mol. The molecule has 0 spiro atoms. The normalized spacial score (nSPS) is 19.2. The molecule has 4 nitrogen and oxygen atoms in total. The number of Topliss-reactive ketones (excluding diaryl/α,β-unsaturated/α-hetero) is 1. The number of aromatic nitrogens is 1. The number of fused-ring (bicyclic) bond motifs is 5. The van der Waals surface area contributed by atoms with Gasteiger partial charge in [-0.05, 0) is 60.2 Å². The molecule has 1 unspecified atom stereocenters. The minimum atomic E-state index is -0.111. The van der Waals surface area contributed by atoms with Crippen molar-refractivity contribution >= 4 is 33.3 Å². The highest BCUT2D eigenvalue weighted by atomic mass is 16.5. The number of carbonyl (C=O) groups is 1. The van der Waals surface area contributed by atoms with E-state index >= 15 is 0 Å². The fourth-order valence-corrected chi connectivity index (χ4v) is 6.13. The predicted octanol–water partition coefficient (Wildman–Crippen LogP) is 7.02. The van der Waals surface area contributed by atoms with Crippen LogP contribution in [0.15, 0.2) is 71.9 Å². The zero-order chi connectivity index (χ0) is 23.6. The second-order valence-corrected chi connectivity index (χ2v) is 10.3. The minimum absolute atomic E-state index is 0.0484. The number of nitrogens with zero attached hydrogens (tertiary/aromatic N) is 1. The van der Waals surface area contributed by atoms with Crippen LogP contribution in [0.5, 0.6) is 5.75 Å². The third-order valence-corrected chi connectivity index (χ3v) is 7.53. The molecule has 0 amide bonds. The van der Waals surface area contributed by atoms with Gasteiger partial charge in [0.05, 0.1) is 7.11 Å². The molecule has 172 valence electrons. The van der Waals surface area contributed by atoms with E-state index in [2.05, 4.69) is 79.2 Å². The first-order chi connectivity index (χ1) is 16.4. The Kier molecular flexibility index (Phi) is 4.63. The van der Waals surface area contributed by atoms with Gasteiger partial charge in [0.2, 0.25) is 0 Å². The molecule has 0 saturated carbocycles. The summed E-state index contributed by atoms with van der Waals surface area (Å²) in [6.07, 6.45) is 1.44. The number of aryl methyl sites for hydroxylation is 1. The van der Waals surface area contributed by atoms with Gasteiger partial charge < -0.3 is 14.6 Å². The van der Waals surface area contributed by atoms with Gasteiger partial charge in [0, 0.05) is 57.6 Å². The molecule has 0 radical (unpaired) electrons. The van der Waals surface area contributed by atoms with Crippen LogP contribution in [0, 0.1) is 5.41 Å². The number of para-hydroxylation sites is 1. The van der Waals surface area contributed by atoms with E-state index in [9.17, 15) is 4.79 Å². The van der Waals surface area contributed by atoms with Crippen LogP contribution in [-0.4, -0.2) is 17.5 Å². The lowest BCUT2D eigenvalue weighted by molar-refractivity contribution is -0.118. The largest absolute Gasteiger partial charge is 0.497 e. The average molecular weight is 451 g/mol. The van der Waals surface area contributed by atoms with E-state index in [1.807, 2.05) is 12.1 Å². The molecule has 1 aliphatic heterocycles. The van der Waals surface area contributed by atoms with Gasteiger partial charge in [0.15, 0.2) is 5.78 Å². The third-order valence-electron chi connectivity index (χ3n) is 7.53. The number of carbonyl (C=O) groups excluding carboxylic acids is 1. The number of hydrogen-bond acceptors (Lipinski definition) is 3. The standard InChI is InChI=1S/C30H30N2O2/c1-5-32-23-9-7-6-8-20(23)27-24(32)15-14-21-29(27)26(18-10-12-19(34-4)13-11-18)28-22(31-21)16-30(2,3)17-25(28)33/h6-15,26,31H,5,16-17H2,1-4H3. The maximum absolute atomic E-state index is 13.7. The van der Waals surface area contributed by atoms with E-state index < -0.39 is 0 Å². The lowest BCUT2D eigenvalue weighted by atomic mass is 9.68. The summed E-state index contributed by atoms with van der Waals surface area (Å²) in [4.78, 5) is 13.7. The second kappa shape index (κ2) is 7.49. The maximum Gasteiger partial charge on any atom is 0.162 e. The summed E-state index contributed by atoms with van der Waals surface area (Å²) in [5.41, 5.74) is 7.85. The maximum atomic E-state index is 13.7. The molecular formula is C30H30N2O2. The molecule has 2 heterocycles. The van der Waals surface area contributed by atoms with Gasteiger partial charge in [-0.1, -0.05) is 44.2 Å². The Balaban J connectivity index is 1.70. The molecule has 4 heteroatoms. The molecule has 1 atom stereocenters. The molecule has 1 aliphatic carbocycles. The summed E-state index contributed by atoms with van der Waals surface area (Å²) in [6, 6.07) is 21.3. The van der Waals surface area contributed by atoms with Crippen molar-refractivity contribution in [2.75, 3.05) is 12.4 Å². The van der Waals surface area contributed by atoms with Gasteiger partial charge in [-0.3, -0.25) is 4.79 Å². The van der Waals surface area contributed by atoms with Gasteiger partial charge in [0.25, 0.3) is 0 Å². The van der Waals surface area contributed by atoms with Gasteiger partial charge in [-0.2, -0.15) is 0 Å². The zero-order valence-corrected chi connectivity index (χ0v) is 20.2. The Hall–Kier alpha value is -3.53. The van der Waals surface area contributed by atoms with Crippen molar-refractivity contribution in [1.82, 2.24) is 4.57 Å². The number of hydrogen-bond donors (Lipinski definition) is 1. The zero-order valence-electron chi connectivity index (χ0n) is 20.2. The molecule has 4 aromatic rings. The highest BCUT2D eigenvalue weighted by molar-refractivity contribution is 6.13. The van der Waals surface area contributed by atoms with Crippen LogP contribution >= 0.6 is 0 Å². The van der Waals surface area contributed by atoms with Crippen LogP contribution in [0.3, 0.4) is 0 Å². The van der Waals surface area contributed by atoms with Gasteiger partial charge >= 0.3 is 0 Å². The smallest absolute Gasteiger partial charge is 0.162 e. The van der Waals surface area contributed by atoms with Crippen LogP contribution in [0.4, 0.5) is 5.69 Å². The third kappa shape index (κ3) is 3.01. The first kappa shape index (κ1) is 21.0. The lowest BCUT2D eigenvalue weighted by Crippen LogP contribution is -2.33. The van der Waals surface area contributed by atoms with E-state index in [1.165, 1.54) is 27.4 Å². The summed E-state index contributed by atoms with van der Waals surface area (Å²) in [6.45, 7) is 7.46. The minimum Gasteiger partial charge on any atom is -0.497 e. The van der Waals surface area contributed by atoms with Crippen LogP contribution in [0.1, 0.15) is 50.7 Å². The first-order valence-electron chi connectivity index (χ1n) is 12.1. The van der Waals surface area contributed by atoms with E-state index in [4.69, 9.17) is 4.74 Å². The second-order valence-electron chi connectivity index (χ2n) is 10.3. The summed E-state index contributed by atoms with van der Waals surface area (Å²) in [5.74, 6) is 0.964. The monoisotopic (exact) mass is 450 g/mol. The number of benzene rings is 3. The molecule has 0 saturated heterocycles. The van der Waals surface area contributed by atoms with E-state index in [-0.39, 0.29) is 17.1 Å². The number of nitrogens with one attached hydrogen (secondary N) is 1. The highest BCUT2D eigenvalue weighted by Gasteiger charge is 2.41. The quantitative estimate of drug-likeness (QED) is 0.365. The van der Waals surface area contributed by atoms with Crippen LogP contribution in [-0.2, 0) is 11.3 Å². The van der Waals surface area contributed by atoms with Crippen molar-refractivity contribution in [3.05, 3.63) is 83.1 Å². The molecule has 2 aliphatic rings. The van der Waals surface area contributed by atoms with Gasteiger partial charge in [-0.15, -0.1) is 0 Å². The topological polar surface area (TPSA) is 43.3 Å².